The zero-order chi connectivity index (χ0) is 15.9. The summed E-state index contributed by atoms with van der Waals surface area (Å²) in [5.41, 5.74) is 8.34. The minimum absolute atomic E-state index is 0.0604. The molecule has 1 atom stereocenters. The minimum atomic E-state index is 0.0604. The lowest BCUT2D eigenvalue weighted by molar-refractivity contribution is 0.234. The van der Waals surface area contributed by atoms with Crippen molar-refractivity contribution in [1.82, 2.24) is 4.90 Å². The fourth-order valence-corrected chi connectivity index (χ4v) is 2.70. The Morgan fingerprint density at radius 1 is 1.00 bits per heavy atom. The molecule has 1 unspecified atom stereocenters. The van der Waals surface area contributed by atoms with Crippen LogP contribution in [0.3, 0.4) is 0 Å². The fraction of sp³-hybridized carbons (Fsp3) is 0.333. The van der Waals surface area contributed by atoms with Crippen LogP contribution in [-0.2, 0) is 6.54 Å². The van der Waals surface area contributed by atoms with Crippen molar-refractivity contribution >= 4 is 0 Å². The second-order valence-electron chi connectivity index (χ2n) is 5.23. The number of nitrogens with two attached hydrogens (primary N) is 1. The monoisotopic (exact) mass is 300 g/mol. The van der Waals surface area contributed by atoms with Crippen molar-refractivity contribution in [2.24, 2.45) is 5.73 Å². The number of hydrogen-bond acceptors (Lipinski definition) is 4. The predicted octanol–water partition coefficient (Wildman–Crippen LogP) is 2.84. The highest BCUT2D eigenvalue weighted by Gasteiger charge is 2.21. The Morgan fingerprint density at radius 2 is 1.73 bits per heavy atom. The van der Waals surface area contributed by atoms with E-state index in [4.69, 9.17) is 15.2 Å². The van der Waals surface area contributed by atoms with E-state index in [-0.39, 0.29) is 6.04 Å². The van der Waals surface area contributed by atoms with Crippen molar-refractivity contribution in [3.8, 4) is 11.5 Å². The number of benzene rings is 2. The van der Waals surface area contributed by atoms with E-state index in [1.807, 2.05) is 36.4 Å². The molecule has 0 saturated carbocycles. The van der Waals surface area contributed by atoms with E-state index in [0.29, 0.717) is 6.54 Å². The van der Waals surface area contributed by atoms with Crippen LogP contribution < -0.4 is 15.2 Å². The largest absolute Gasteiger partial charge is 0.493 e. The predicted molar refractivity (Wildman–Crippen MR) is 89.3 cm³/mol. The third kappa shape index (κ3) is 3.59. The molecule has 0 aromatic heterocycles. The Morgan fingerprint density at radius 3 is 2.32 bits per heavy atom. The highest BCUT2D eigenvalue weighted by atomic mass is 16.5. The second-order valence-corrected chi connectivity index (χ2v) is 5.23. The van der Waals surface area contributed by atoms with Gasteiger partial charge in [0.2, 0.25) is 0 Å². The molecule has 0 aliphatic carbocycles. The minimum Gasteiger partial charge on any atom is -0.493 e. The lowest BCUT2D eigenvalue weighted by Gasteiger charge is -2.29. The van der Waals surface area contributed by atoms with Gasteiger partial charge in [0.05, 0.1) is 20.3 Å². The van der Waals surface area contributed by atoms with E-state index in [0.717, 1.165) is 23.6 Å². The lowest BCUT2D eigenvalue weighted by Crippen LogP contribution is -2.30. The first-order valence-corrected chi connectivity index (χ1v) is 7.36. The molecule has 0 amide bonds. The average molecular weight is 300 g/mol. The molecule has 0 aliphatic rings. The van der Waals surface area contributed by atoms with E-state index >= 15 is 0 Å². The fourth-order valence-electron chi connectivity index (χ4n) is 2.70. The third-order valence-corrected chi connectivity index (χ3v) is 3.82. The summed E-state index contributed by atoms with van der Waals surface area (Å²) >= 11 is 0. The molecule has 0 heterocycles. The molecule has 22 heavy (non-hydrogen) atoms. The Labute approximate surface area is 132 Å². The van der Waals surface area contributed by atoms with Crippen LogP contribution in [0.15, 0.2) is 48.5 Å². The number of hydrogen-bond donors (Lipinski definition) is 1. The lowest BCUT2D eigenvalue weighted by atomic mass is 10.0. The summed E-state index contributed by atoms with van der Waals surface area (Å²) in [4.78, 5) is 2.23. The van der Waals surface area contributed by atoms with Gasteiger partial charge in [-0.05, 0) is 18.7 Å². The highest BCUT2D eigenvalue weighted by molar-refractivity contribution is 5.48. The molecule has 0 radical (unpaired) electrons. The first kappa shape index (κ1) is 16.3. The second kappa shape index (κ2) is 7.82. The number of methoxy groups -OCH3 is 2. The van der Waals surface area contributed by atoms with Crippen molar-refractivity contribution in [2.45, 2.75) is 12.6 Å². The van der Waals surface area contributed by atoms with Crippen LogP contribution in [0.2, 0.25) is 0 Å². The molecule has 4 heteroatoms. The van der Waals surface area contributed by atoms with E-state index in [2.05, 4.69) is 24.1 Å². The van der Waals surface area contributed by atoms with Gasteiger partial charge in [-0.15, -0.1) is 0 Å². The van der Waals surface area contributed by atoms with Gasteiger partial charge in [0.15, 0.2) is 11.5 Å². The summed E-state index contributed by atoms with van der Waals surface area (Å²) < 4.78 is 10.9. The summed E-state index contributed by atoms with van der Waals surface area (Å²) in [6, 6.07) is 16.3. The van der Waals surface area contributed by atoms with Crippen LogP contribution >= 0.6 is 0 Å². The van der Waals surface area contributed by atoms with Gasteiger partial charge in [0, 0.05) is 18.7 Å². The standard InChI is InChI=1S/C18H24N2O2/c1-20(13-14-8-5-4-6-9-14)16(12-19)15-10-7-11-17(21-2)18(15)22-3/h4-11,16H,12-13,19H2,1-3H3. The maximum absolute atomic E-state index is 6.04. The van der Waals surface area contributed by atoms with Crippen LogP contribution in [0, 0.1) is 0 Å². The first-order valence-electron chi connectivity index (χ1n) is 7.36. The van der Waals surface area contributed by atoms with E-state index in [1.165, 1.54) is 5.56 Å². The molecule has 118 valence electrons. The number of ether oxygens (including phenoxy) is 2. The SMILES string of the molecule is COc1cccc(C(CN)N(C)Cc2ccccc2)c1OC. The summed E-state index contributed by atoms with van der Waals surface area (Å²) in [6.45, 7) is 1.33. The Kier molecular flexibility index (Phi) is 5.81. The van der Waals surface area contributed by atoms with Gasteiger partial charge in [-0.2, -0.15) is 0 Å². The smallest absolute Gasteiger partial charge is 0.165 e. The summed E-state index contributed by atoms with van der Waals surface area (Å²) in [5, 5.41) is 0. The molecule has 4 nitrogen and oxygen atoms in total. The first-order chi connectivity index (χ1) is 10.7. The molecule has 0 saturated heterocycles. The molecule has 0 fully saturated rings. The summed E-state index contributed by atoms with van der Waals surface area (Å²) in [5.74, 6) is 1.48. The molecule has 0 spiro atoms. The maximum atomic E-state index is 6.04. The van der Waals surface area contributed by atoms with E-state index < -0.39 is 0 Å². The molecular weight excluding hydrogens is 276 g/mol. The summed E-state index contributed by atoms with van der Waals surface area (Å²) in [7, 11) is 5.38. The number of para-hydroxylation sites is 1. The zero-order valence-corrected chi connectivity index (χ0v) is 13.5. The van der Waals surface area contributed by atoms with E-state index in [9.17, 15) is 0 Å². The molecule has 2 aromatic rings. The van der Waals surface area contributed by atoms with Crippen molar-refractivity contribution in [3.63, 3.8) is 0 Å². The van der Waals surface area contributed by atoms with E-state index in [1.54, 1.807) is 14.2 Å². The Bertz CT molecular complexity index is 587. The van der Waals surface area contributed by atoms with Crippen LogP contribution in [-0.4, -0.2) is 32.7 Å². The maximum Gasteiger partial charge on any atom is 0.165 e. The Balaban J connectivity index is 2.28. The Hall–Kier alpha value is -2.04. The quantitative estimate of drug-likeness (QED) is 0.854. The highest BCUT2D eigenvalue weighted by Crippen LogP contribution is 2.36. The zero-order valence-electron chi connectivity index (χ0n) is 13.5. The van der Waals surface area contributed by atoms with Crippen molar-refractivity contribution < 1.29 is 9.47 Å². The average Bonchev–Trinajstić information content (AvgIpc) is 2.56. The third-order valence-electron chi connectivity index (χ3n) is 3.82. The van der Waals surface area contributed by atoms with Gasteiger partial charge in [0.1, 0.15) is 0 Å². The van der Waals surface area contributed by atoms with Gasteiger partial charge >= 0.3 is 0 Å². The van der Waals surface area contributed by atoms with Crippen molar-refractivity contribution in [1.29, 1.82) is 0 Å². The van der Waals surface area contributed by atoms with Crippen LogP contribution in [0.25, 0.3) is 0 Å². The van der Waals surface area contributed by atoms with Crippen LogP contribution in [0.5, 0.6) is 11.5 Å². The normalized spacial score (nSPS) is 12.2. The molecule has 0 bridgehead atoms. The van der Waals surface area contributed by atoms with Gasteiger partial charge in [-0.3, -0.25) is 4.90 Å². The number of rotatable bonds is 7. The molecule has 2 rings (SSSR count). The topological polar surface area (TPSA) is 47.7 Å². The van der Waals surface area contributed by atoms with Gasteiger partial charge in [0.25, 0.3) is 0 Å². The van der Waals surface area contributed by atoms with Crippen LogP contribution in [0.1, 0.15) is 17.2 Å². The molecular formula is C18H24N2O2. The summed E-state index contributed by atoms with van der Waals surface area (Å²) in [6.07, 6.45) is 0. The number of nitrogens with zero attached hydrogens (tertiary/aromatic N) is 1. The van der Waals surface area contributed by atoms with Crippen LogP contribution in [0.4, 0.5) is 0 Å². The number of likely N-dealkylation sites (N-methyl/N-ethyl adjacent to an activating group) is 1. The molecule has 2 aromatic carbocycles. The molecule has 0 aliphatic heterocycles. The van der Waals surface area contributed by atoms with Gasteiger partial charge < -0.3 is 15.2 Å². The molecule has 2 N–H and O–H groups in total. The van der Waals surface area contributed by atoms with Gasteiger partial charge in [-0.25, -0.2) is 0 Å². The van der Waals surface area contributed by atoms with Crippen molar-refractivity contribution in [2.75, 3.05) is 27.8 Å². The van der Waals surface area contributed by atoms with Gasteiger partial charge in [-0.1, -0.05) is 42.5 Å². The van der Waals surface area contributed by atoms with Crippen molar-refractivity contribution in [3.05, 3.63) is 59.7 Å².